The van der Waals surface area contributed by atoms with Crippen LogP contribution in [0.15, 0.2) is 54.7 Å². The van der Waals surface area contributed by atoms with E-state index in [2.05, 4.69) is 23.0 Å². The molecule has 34 heavy (non-hydrogen) atoms. The zero-order valence-corrected chi connectivity index (χ0v) is 20.1. The molecule has 5 nitrogen and oxygen atoms in total. The quantitative estimate of drug-likeness (QED) is 0.462. The first kappa shape index (κ1) is 23.5. The minimum atomic E-state index is -0.342. The van der Waals surface area contributed by atoms with E-state index >= 15 is 0 Å². The fraction of sp³-hybridized carbons (Fsp3) is 0.345. The number of ether oxygens (including phenoxy) is 1. The smallest absolute Gasteiger partial charge is 0.159 e. The van der Waals surface area contributed by atoms with E-state index in [0.29, 0.717) is 11.7 Å². The third kappa shape index (κ3) is 5.28. The molecule has 0 unspecified atom stereocenters. The number of hydrogen-bond donors (Lipinski definition) is 0. The number of rotatable bonds is 6. The van der Waals surface area contributed by atoms with Crippen LogP contribution in [0, 0.1) is 29.1 Å². The molecular weight excluding hydrogens is 420 g/mol. The fourth-order valence-electron chi connectivity index (χ4n) is 4.53. The Balaban J connectivity index is 1.68. The lowest BCUT2D eigenvalue weighted by Gasteiger charge is -2.35. The van der Waals surface area contributed by atoms with Crippen LogP contribution in [0.1, 0.15) is 43.9 Å². The van der Waals surface area contributed by atoms with E-state index in [9.17, 15) is 5.26 Å². The lowest BCUT2D eigenvalue weighted by atomic mass is 9.87. The van der Waals surface area contributed by atoms with Crippen LogP contribution in [0.5, 0.6) is 5.75 Å². The number of methoxy groups -OCH3 is 1. The minimum Gasteiger partial charge on any atom is -0.497 e. The summed E-state index contributed by atoms with van der Waals surface area (Å²) in [5.74, 6) is 4.49. The molecule has 1 fully saturated rings. The fourth-order valence-corrected chi connectivity index (χ4v) is 4.53. The molecule has 5 heteroatoms. The summed E-state index contributed by atoms with van der Waals surface area (Å²) in [7, 11) is 1.68. The Kier molecular flexibility index (Phi) is 6.96. The number of benzene rings is 2. The van der Waals surface area contributed by atoms with Crippen LogP contribution in [0.2, 0.25) is 0 Å². The van der Waals surface area contributed by atoms with Crippen LogP contribution >= 0.6 is 0 Å². The zero-order valence-electron chi connectivity index (χ0n) is 20.1. The molecule has 0 bridgehead atoms. The predicted molar refractivity (Wildman–Crippen MR) is 135 cm³/mol. The second kappa shape index (κ2) is 10.1. The second-order valence-corrected chi connectivity index (χ2v) is 9.49. The number of terminal acetylenes is 1. The summed E-state index contributed by atoms with van der Waals surface area (Å²) < 4.78 is 5.46. The summed E-state index contributed by atoms with van der Waals surface area (Å²) in [6.45, 7) is 6.69. The summed E-state index contributed by atoms with van der Waals surface area (Å²) in [5, 5.41) is 9.42. The largest absolute Gasteiger partial charge is 0.497 e. The van der Waals surface area contributed by atoms with Crippen LogP contribution < -0.4 is 4.74 Å². The van der Waals surface area contributed by atoms with Gasteiger partial charge in [0.25, 0.3) is 0 Å². The first-order chi connectivity index (χ1) is 16.4. The van der Waals surface area contributed by atoms with E-state index in [-0.39, 0.29) is 5.41 Å². The van der Waals surface area contributed by atoms with E-state index in [4.69, 9.17) is 21.1 Å². The summed E-state index contributed by atoms with van der Waals surface area (Å²) in [6.07, 6.45) is 9.43. The van der Waals surface area contributed by atoms with Gasteiger partial charge in [0.15, 0.2) is 5.82 Å². The highest BCUT2D eigenvalue weighted by atomic mass is 16.5. The summed E-state index contributed by atoms with van der Waals surface area (Å²) in [5.41, 5.74) is 4.61. The van der Waals surface area contributed by atoms with Crippen molar-refractivity contribution in [2.75, 3.05) is 26.7 Å². The number of piperidine rings is 1. The van der Waals surface area contributed by atoms with E-state index < -0.39 is 0 Å². The molecule has 0 N–H and O–H groups in total. The van der Waals surface area contributed by atoms with Gasteiger partial charge in [0.2, 0.25) is 0 Å². The average Bonchev–Trinajstić information content (AvgIpc) is 2.88. The Morgan fingerprint density at radius 3 is 2.50 bits per heavy atom. The Morgan fingerprint density at radius 1 is 1.12 bits per heavy atom. The van der Waals surface area contributed by atoms with Gasteiger partial charge in [0.1, 0.15) is 5.75 Å². The van der Waals surface area contributed by atoms with Crippen LogP contribution in [0.4, 0.5) is 0 Å². The molecule has 0 atom stereocenters. The number of likely N-dealkylation sites (tertiary alicyclic amines) is 1. The van der Waals surface area contributed by atoms with Gasteiger partial charge in [-0.15, -0.1) is 6.42 Å². The van der Waals surface area contributed by atoms with Gasteiger partial charge in [-0.25, -0.2) is 9.97 Å². The van der Waals surface area contributed by atoms with Crippen LogP contribution in [0.25, 0.3) is 22.5 Å². The molecule has 0 amide bonds. The lowest BCUT2D eigenvalue weighted by molar-refractivity contribution is 0.169. The number of hydrogen-bond acceptors (Lipinski definition) is 5. The van der Waals surface area contributed by atoms with Gasteiger partial charge in [-0.1, -0.05) is 18.1 Å². The normalized spacial score (nSPS) is 14.9. The van der Waals surface area contributed by atoms with Crippen LogP contribution in [0.3, 0.4) is 0 Å². The highest BCUT2D eigenvalue weighted by Crippen LogP contribution is 2.36. The first-order valence-corrected chi connectivity index (χ1v) is 11.6. The maximum Gasteiger partial charge on any atom is 0.159 e. The standard InChI is InChI=1S/C29H30N4O/c1-5-21-9-11-23(12-10-21)28-31-18-26(24-7-6-8-25(17-24)34-4)27(32-28)22-13-15-33(16-14-22)20-29(2,3)19-30/h1,6-12,17-18,22H,13-16,20H2,2-4H3. The molecule has 172 valence electrons. The summed E-state index contributed by atoms with van der Waals surface area (Å²) in [6, 6.07) is 18.3. The van der Waals surface area contributed by atoms with Gasteiger partial charge in [0, 0.05) is 35.3 Å². The molecule has 1 saturated heterocycles. The predicted octanol–water partition coefficient (Wildman–Crippen LogP) is 5.53. The number of aromatic nitrogens is 2. The monoisotopic (exact) mass is 450 g/mol. The van der Waals surface area contributed by atoms with Crippen LogP contribution in [-0.2, 0) is 0 Å². The molecule has 2 aromatic carbocycles. The van der Waals surface area contributed by atoms with E-state index in [0.717, 1.165) is 66.2 Å². The van der Waals surface area contributed by atoms with Crippen molar-refractivity contribution in [2.24, 2.45) is 5.41 Å². The highest BCUT2D eigenvalue weighted by Gasteiger charge is 2.28. The molecule has 0 saturated carbocycles. The van der Waals surface area contributed by atoms with E-state index in [1.165, 1.54) is 0 Å². The molecule has 0 spiro atoms. The Hall–Kier alpha value is -3.67. The number of nitriles is 1. The summed E-state index contributed by atoms with van der Waals surface area (Å²) in [4.78, 5) is 12.2. The molecule has 1 aliphatic rings. The number of nitrogens with zero attached hydrogens (tertiary/aromatic N) is 4. The van der Waals surface area contributed by atoms with Crippen molar-refractivity contribution < 1.29 is 4.74 Å². The van der Waals surface area contributed by atoms with E-state index in [1.807, 2.05) is 62.5 Å². The van der Waals surface area contributed by atoms with Gasteiger partial charge >= 0.3 is 0 Å². The molecule has 0 radical (unpaired) electrons. The van der Waals surface area contributed by atoms with Gasteiger partial charge in [-0.3, -0.25) is 0 Å². The lowest BCUT2D eigenvalue weighted by Crippen LogP contribution is -2.39. The topological polar surface area (TPSA) is 62.0 Å². The molecular formula is C29H30N4O. The molecule has 0 aliphatic carbocycles. The van der Waals surface area contributed by atoms with Gasteiger partial charge in [0.05, 0.1) is 24.3 Å². The Labute approximate surface area is 202 Å². The minimum absolute atomic E-state index is 0.314. The molecule has 4 rings (SSSR count). The van der Waals surface area contributed by atoms with Crippen LogP contribution in [-0.4, -0.2) is 41.6 Å². The van der Waals surface area contributed by atoms with Crippen molar-refractivity contribution in [3.63, 3.8) is 0 Å². The third-order valence-electron chi connectivity index (χ3n) is 6.40. The summed E-state index contributed by atoms with van der Waals surface area (Å²) >= 11 is 0. The van der Waals surface area contributed by atoms with Crippen molar-refractivity contribution in [1.82, 2.24) is 14.9 Å². The first-order valence-electron chi connectivity index (χ1n) is 11.6. The van der Waals surface area contributed by atoms with Crippen molar-refractivity contribution in [2.45, 2.75) is 32.6 Å². The molecule has 1 aliphatic heterocycles. The second-order valence-electron chi connectivity index (χ2n) is 9.49. The Bertz CT molecular complexity index is 1230. The molecule has 2 heterocycles. The van der Waals surface area contributed by atoms with Gasteiger partial charge in [-0.2, -0.15) is 5.26 Å². The maximum absolute atomic E-state index is 9.42. The molecule has 1 aromatic heterocycles. The zero-order chi connectivity index (χ0) is 24.1. The van der Waals surface area contributed by atoms with E-state index in [1.54, 1.807) is 7.11 Å². The van der Waals surface area contributed by atoms with Crippen molar-refractivity contribution in [1.29, 1.82) is 5.26 Å². The third-order valence-corrected chi connectivity index (χ3v) is 6.40. The van der Waals surface area contributed by atoms with Crippen molar-refractivity contribution in [3.05, 3.63) is 66.0 Å². The maximum atomic E-state index is 9.42. The van der Waals surface area contributed by atoms with Crippen molar-refractivity contribution in [3.8, 4) is 46.7 Å². The highest BCUT2D eigenvalue weighted by molar-refractivity contribution is 5.69. The molecule has 3 aromatic rings. The Morgan fingerprint density at radius 2 is 1.85 bits per heavy atom. The SMILES string of the molecule is C#Cc1ccc(-c2ncc(-c3cccc(OC)c3)c(C3CCN(CC(C)(C)C#N)CC3)n2)cc1. The van der Waals surface area contributed by atoms with Crippen molar-refractivity contribution >= 4 is 0 Å². The van der Waals surface area contributed by atoms with Gasteiger partial charge in [-0.05, 0) is 81.7 Å². The van der Waals surface area contributed by atoms with Gasteiger partial charge < -0.3 is 9.64 Å². The average molecular weight is 451 g/mol.